The third kappa shape index (κ3) is 3.40. The summed E-state index contributed by atoms with van der Waals surface area (Å²) in [6.45, 7) is 4.31. The van der Waals surface area contributed by atoms with Crippen LogP contribution in [-0.2, 0) is 6.54 Å². The van der Waals surface area contributed by atoms with Gasteiger partial charge < -0.3 is 10.6 Å². The van der Waals surface area contributed by atoms with Crippen molar-refractivity contribution in [3.8, 4) is 11.1 Å². The van der Waals surface area contributed by atoms with Gasteiger partial charge in [-0.1, -0.05) is 18.2 Å². The predicted molar refractivity (Wildman–Crippen MR) is 80.2 cm³/mol. The van der Waals surface area contributed by atoms with Gasteiger partial charge in [-0.15, -0.1) is 0 Å². The molecule has 0 spiro atoms. The van der Waals surface area contributed by atoms with Crippen molar-refractivity contribution in [3.63, 3.8) is 0 Å². The van der Waals surface area contributed by atoms with Crippen LogP contribution in [0, 0.1) is 5.92 Å². The van der Waals surface area contributed by atoms with E-state index in [9.17, 15) is 0 Å². The molecule has 0 amide bonds. The quantitative estimate of drug-likeness (QED) is 0.869. The summed E-state index contributed by atoms with van der Waals surface area (Å²) in [5, 5.41) is 6.95. The Morgan fingerprint density at radius 1 is 1.20 bits per heavy atom. The predicted octanol–water partition coefficient (Wildman–Crippen LogP) is 1.84. The summed E-state index contributed by atoms with van der Waals surface area (Å²) in [6, 6.07) is 8.56. The molecule has 3 rings (SSSR count). The Kier molecular flexibility index (Phi) is 4.35. The van der Waals surface area contributed by atoms with Crippen molar-refractivity contribution in [2.75, 3.05) is 19.6 Å². The lowest BCUT2D eigenvalue weighted by atomic mass is 10.1. The first-order valence-electron chi connectivity index (χ1n) is 7.17. The monoisotopic (exact) mass is 268 g/mol. The summed E-state index contributed by atoms with van der Waals surface area (Å²) in [4.78, 5) is 8.14. The van der Waals surface area contributed by atoms with E-state index in [0.29, 0.717) is 0 Å². The maximum Gasteiger partial charge on any atom is 0.115 e. The van der Waals surface area contributed by atoms with Crippen LogP contribution in [0.3, 0.4) is 0 Å². The lowest BCUT2D eigenvalue weighted by Crippen LogP contribution is -2.24. The molecule has 1 aliphatic rings. The molecule has 104 valence electrons. The smallest absolute Gasteiger partial charge is 0.115 e. The molecule has 1 aliphatic heterocycles. The second-order valence-corrected chi connectivity index (χ2v) is 5.32. The Labute approximate surface area is 119 Å². The van der Waals surface area contributed by atoms with Gasteiger partial charge in [0.1, 0.15) is 6.33 Å². The van der Waals surface area contributed by atoms with Gasteiger partial charge in [0.25, 0.3) is 0 Å². The van der Waals surface area contributed by atoms with Gasteiger partial charge in [0.15, 0.2) is 0 Å². The van der Waals surface area contributed by atoms with E-state index in [1.165, 1.54) is 17.5 Å². The summed E-state index contributed by atoms with van der Waals surface area (Å²) in [5.74, 6) is 0.778. The molecule has 0 aliphatic carbocycles. The Hall–Kier alpha value is -1.78. The molecule has 2 aromatic rings. The van der Waals surface area contributed by atoms with Crippen LogP contribution in [0.5, 0.6) is 0 Å². The highest BCUT2D eigenvalue weighted by molar-refractivity contribution is 5.62. The molecule has 1 aromatic carbocycles. The first-order chi connectivity index (χ1) is 9.92. The van der Waals surface area contributed by atoms with Crippen LogP contribution in [0.4, 0.5) is 0 Å². The number of rotatable bonds is 5. The molecule has 1 fully saturated rings. The SMILES string of the molecule is c1cc(CNCC2CCNC2)cc(-c2cncnc2)c1. The molecule has 0 bridgehead atoms. The van der Waals surface area contributed by atoms with Crippen molar-refractivity contribution >= 4 is 0 Å². The Bertz CT molecular complexity index is 535. The largest absolute Gasteiger partial charge is 0.316 e. The second-order valence-electron chi connectivity index (χ2n) is 5.32. The first kappa shape index (κ1) is 13.2. The number of benzene rings is 1. The third-order valence-electron chi connectivity index (χ3n) is 3.75. The minimum absolute atomic E-state index is 0.778. The fourth-order valence-electron chi connectivity index (χ4n) is 2.62. The molecule has 4 nitrogen and oxygen atoms in total. The summed E-state index contributed by atoms with van der Waals surface area (Å²) >= 11 is 0. The van der Waals surface area contributed by atoms with E-state index in [-0.39, 0.29) is 0 Å². The van der Waals surface area contributed by atoms with Crippen molar-refractivity contribution in [2.24, 2.45) is 5.92 Å². The Morgan fingerprint density at radius 3 is 2.90 bits per heavy atom. The lowest BCUT2D eigenvalue weighted by Gasteiger charge is -2.10. The summed E-state index contributed by atoms with van der Waals surface area (Å²) in [5.41, 5.74) is 3.54. The average molecular weight is 268 g/mol. The van der Waals surface area contributed by atoms with Crippen LogP contribution in [0.25, 0.3) is 11.1 Å². The van der Waals surface area contributed by atoms with Gasteiger partial charge in [0, 0.05) is 24.5 Å². The minimum Gasteiger partial charge on any atom is -0.316 e. The van der Waals surface area contributed by atoms with Crippen molar-refractivity contribution in [2.45, 2.75) is 13.0 Å². The van der Waals surface area contributed by atoms with E-state index >= 15 is 0 Å². The number of hydrogen-bond acceptors (Lipinski definition) is 4. The van der Waals surface area contributed by atoms with Crippen LogP contribution in [-0.4, -0.2) is 29.6 Å². The zero-order chi connectivity index (χ0) is 13.6. The zero-order valence-corrected chi connectivity index (χ0v) is 11.5. The van der Waals surface area contributed by atoms with Gasteiger partial charge in [0.05, 0.1) is 0 Å². The van der Waals surface area contributed by atoms with E-state index in [0.717, 1.165) is 37.7 Å². The lowest BCUT2D eigenvalue weighted by molar-refractivity contribution is 0.513. The fourth-order valence-corrected chi connectivity index (χ4v) is 2.62. The molecule has 2 N–H and O–H groups in total. The van der Waals surface area contributed by atoms with Crippen LogP contribution in [0.1, 0.15) is 12.0 Å². The number of aromatic nitrogens is 2. The fraction of sp³-hybridized carbons (Fsp3) is 0.375. The van der Waals surface area contributed by atoms with E-state index in [1.807, 2.05) is 12.4 Å². The van der Waals surface area contributed by atoms with E-state index in [4.69, 9.17) is 0 Å². The molecule has 1 unspecified atom stereocenters. The van der Waals surface area contributed by atoms with Crippen LogP contribution >= 0.6 is 0 Å². The number of hydrogen-bond donors (Lipinski definition) is 2. The van der Waals surface area contributed by atoms with Gasteiger partial charge in [-0.2, -0.15) is 0 Å². The molecule has 2 heterocycles. The molecule has 0 radical (unpaired) electrons. The van der Waals surface area contributed by atoms with Gasteiger partial charge in [-0.05, 0) is 49.2 Å². The molecular formula is C16H20N4. The topological polar surface area (TPSA) is 49.8 Å². The average Bonchev–Trinajstić information content (AvgIpc) is 3.02. The zero-order valence-electron chi connectivity index (χ0n) is 11.5. The summed E-state index contributed by atoms with van der Waals surface area (Å²) in [7, 11) is 0. The van der Waals surface area contributed by atoms with Crippen molar-refractivity contribution in [1.82, 2.24) is 20.6 Å². The molecule has 1 saturated heterocycles. The van der Waals surface area contributed by atoms with Crippen molar-refractivity contribution in [3.05, 3.63) is 48.5 Å². The standard InChI is InChI=1S/C16H20N4/c1-2-13(7-18-9-14-4-5-17-8-14)6-15(3-1)16-10-19-12-20-11-16/h1-3,6,10-12,14,17-18H,4-5,7-9H2. The molecule has 1 atom stereocenters. The highest BCUT2D eigenvalue weighted by Gasteiger charge is 2.13. The van der Waals surface area contributed by atoms with Gasteiger partial charge in [0.2, 0.25) is 0 Å². The Balaban J connectivity index is 1.59. The van der Waals surface area contributed by atoms with Crippen LogP contribution in [0.2, 0.25) is 0 Å². The van der Waals surface area contributed by atoms with Crippen LogP contribution in [0.15, 0.2) is 43.0 Å². The minimum atomic E-state index is 0.778. The molecule has 4 heteroatoms. The number of nitrogens with zero attached hydrogens (tertiary/aromatic N) is 2. The third-order valence-corrected chi connectivity index (χ3v) is 3.75. The summed E-state index contributed by atoms with van der Waals surface area (Å²) in [6.07, 6.45) is 6.55. The van der Waals surface area contributed by atoms with E-state index in [2.05, 4.69) is 44.9 Å². The molecule has 1 aromatic heterocycles. The van der Waals surface area contributed by atoms with Crippen molar-refractivity contribution in [1.29, 1.82) is 0 Å². The maximum absolute atomic E-state index is 4.07. The van der Waals surface area contributed by atoms with E-state index in [1.54, 1.807) is 6.33 Å². The maximum atomic E-state index is 4.07. The molecule has 0 saturated carbocycles. The first-order valence-corrected chi connectivity index (χ1v) is 7.17. The van der Waals surface area contributed by atoms with Crippen LogP contribution < -0.4 is 10.6 Å². The normalized spacial score (nSPS) is 18.3. The molecule has 20 heavy (non-hydrogen) atoms. The summed E-state index contributed by atoms with van der Waals surface area (Å²) < 4.78 is 0. The van der Waals surface area contributed by atoms with E-state index < -0.39 is 0 Å². The van der Waals surface area contributed by atoms with Gasteiger partial charge in [-0.25, -0.2) is 9.97 Å². The van der Waals surface area contributed by atoms with Gasteiger partial charge >= 0.3 is 0 Å². The second kappa shape index (κ2) is 6.59. The number of nitrogens with one attached hydrogen (secondary N) is 2. The van der Waals surface area contributed by atoms with Gasteiger partial charge in [-0.3, -0.25) is 0 Å². The van der Waals surface area contributed by atoms with Crippen molar-refractivity contribution < 1.29 is 0 Å². The highest BCUT2D eigenvalue weighted by Crippen LogP contribution is 2.18. The Morgan fingerprint density at radius 2 is 2.10 bits per heavy atom. The highest BCUT2D eigenvalue weighted by atomic mass is 14.9. The molecular weight excluding hydrogens is 248 g/mol.